The van der Waals surface area contributed by atoms with Crippen molar-refractivity contribution >= 4 is 5.78 Å². The van der Waals surface area contributed by atoms with Gasteiger partial charge in [0.1, 0.15) is 0 Å². The molecule has 0 N–H and O–H groups in total. The number of carbonyl (C=O) groups excluding carboxylic acids is 1. The number of hydrogen-bond donors (Lipinski definition) is 0. The maximum absolute atomic E-state index is 10.6. The Labute approximate surface area is 55.7 Å². The summed E-state index contributed by atoms with van der Waals surface area (Å²) in [5.41, 5.74) is 0. The molecule has 0 aromatic heterocycles. The molecular weight excluding hydrogens is 114 g/mol. The van der Waals surface area contributed by atoms with Crippen molar-refractivity contribution in [3.8, 4) is 0 Å². The van der Waals surface area contributed by atoms with Crippen molar-refractivity contribution in [1.82, 2.24) is 0 Å². The predicted molar refractivity (Wildman–Crippen MR) is 36.0 cm³/mol. The molecule has 0 saturated carbocycles. The van der Waals surface area contributed by atoms with Crippen LogP contribution < -0.4 is 0 Å². The van der Waals surface area contributed by atoms with Crippen LogP contribution >= 0.6 is 0 Å². The van der Waals surface area contributed by atoms with E-state index in [1.54, 1.807) is 0 Å². The second-order valence-corrected chi connectivity index (χ2v) is 1.96. The Bertz CT molecular complexity index is 123. The minimum absolute atomic E-state index is 0.0694. The van der Waals surface area contributed by atoms with Crippen LogP contribution in [0.15, 0.2) is 0 Å². The first-order valence-electron chi connectivity index (χ1n) is 3.16. The van der Waals surface area contributed by atoms with Crippen LogP contribution in [0.3, 0.4) is 0 Å². The van der Waals surface area contributed by atoms with Crippen molar-refractivity contribution in [2.45, 2.75) is 26.2 Å². The molecule has 0 bridgehead atoms. The van der Waals surface area contributed by atoms with E-state index in [1.807, 2.05) is 6.92 Å². The van der Waals surface area contributed by atoms with E-state index in [1.165, 1.54) is 0 Å². The number of rotatable bonds is 4. The summed E-state index contributed by atoms with van der Waals surface area (Å²) in [4.78, 5) is 13.6. The Hall–Kier alpha value is -0.840. The number of nitrogens with zero attached hydrogens (tertiary/aromatic N) is 1. The molecule has 9 heavy (non-hydrogen) atoms. The molecule has 0 atom stereocenters. The first-order chi connectivity index (χ1) is 4.31. The van der Waals surface area contributed by atoms with Crippen LogP contribution in [-0.4, -0.2) is 12.3 Å². The van der Waals surface area contributed by atoms with E-state index >= 15 is 0 Å². The smallest absolute Gasteiger partial charge is 0.272 e. The number of unbranched alkanes of at least 4 members (excludes halogenated alkanes) is 1. The topological polar surface area (TPSA) is 21.4 Å². The van der Waals surface area contributed by atoms with Gasteiger partial charge in [-0.15, -0.1) is 0 Å². The Morgan fingerprint density at radius 3 is 2.78 bits per heavy atom. The molecule has 0 aromatic rings. The molecule has 2 heteroatoms. The Morgan fingerprint density at radius 2 is 2.33 bits per heavy atom. The van der Waals surface area contributed by atoms with Crippen LogP contribution in [0.1, 0.15) is 26.2 Å². The van der Waals surface area contributed by atoms with E-state index in [0.717, 1.165) is 12.8 Å². The summed E-state index contributed by atoms with van der Waals surface area (Å²) >= 11 is 0. The molecule has 0 fully saturated rings. The maximum atomic E-state index is 10.6. The van der Waals surface area contributed by atoms with Gasteiger partial charge in [0.05, 0.1) is 0 Å². The zero-order valence-electron chi connectivity index (χ0n) is 5.68. The lowest BCUT2D eigenvalue weighted by atomic mass is 10.2. The minimum Gasteiger partial charge on any atom is -0.309 e. The van der Waals surface area contributed by atoms with E-state index < -0.39 is 0 Å². The third-order valence-electron chi connectivity index (χ3n) is 1.06. The largest absolute Gasteiger partial charge is 0.309 e. The molecule has 0 aliphatic heterocycles. The predicted octanol–water partition coefficient (Wildman–Crippen LogP) is 1.66. The van der Waals surface area contributed by atoms with E-state index in [0.29, 0.717) is 6.42 Å². The second kappa shape index (κ2) is 5.30. The highest BCUT2D eigenvalue weighted by atomic mass is 16.1. The van der Waals surface area contributed by atoms with E-state index in [4.69, 9.17) is 6.57 Å². The lowest BCUT2D eigenvalue weighted by Gasteiger charge is -1.88. The summed E-state index contributed by atoms with van der Waals surface area (Å²) in [5, 5.41) is 0. The van der Waals surface area contributed by atoms with Crippen molar-refractivity contribution < 1.29 is 4.79 Å². The van der Waals surface area contributed by atoms with Gasteiger partial charge in [0, 0.05) is 6.42 Å². The van der Waals surface area contributed by atoms with Crippen LogP contribution in [-0.2, 0) is 4.79 Å². The number of hydrogen-bond acceptors (Lipinski definition) is 1. The molecule has 0 saturated heterocycles. The van der Waals surface area contributed by atoms with Crippen LogP contribution in [0.25, 0.3) is 4.85 Å². The fraction of sp³-hybridized carbons (Fsp3) is 0.714. The van der Waals surface area contributed by atoms with Gasteiger partial charge < -0.3 is 4.85 Å². The van der Waals surface area contributed by atoms with E-state index in [-0.39, 0.29) is 12.3 Å². The highest BCUT2D eigenvalue weighted by Gasteiger charge is 2.00. The van der Waals surface area contributed by atoms with E-state index in [9.17, 15) is 4.79 Å². The fourth-order valence-electron chi connectivity index (χ4n) is 0.541. The monoisotopic (exact) mass is 125 g/mol. The molecule has 50 valence electrons. The molecule has 0 aromatic carbocycles. The van der Waals surface area contributed by atoms with Crippen molar-refractivity contribution in [2.24, 2.45) is 0 Å². The summed E-state index contributed by atoms with van der Waals surface area (Å²) in [6.45, 7) is 8.48. The fourth-order valence-corrected chi connectivity index (χ4v) is 0.541. The first kappa shape index (κ1) is 8.16. The third kappa shape index (κ3) is 5.02. The van der Waals surface area contributed by atoms with Crippen LogP contribution in [0.5, 0.6) is 0 Å². The van der Waals surface area contributed by atoms with Crippen molar-refractivity contribution in [2.75, 3.05) is 6.54 Å². The molecule has 2 nitrogen and oxygen atoms in total. The van der Waals surface area contributed by atoms with Gasteiger partial charge >= 0.3 is 0 Å². The van der Waals surface area contributed by atoms with Crippen LogP contribution in [0.2, 0.25) is 0 Å². The number of Topliss-reactive ketones (excluding diaryl/α,β-unsaturated/α-hetero) is 1. The van der Waals surface area contributed by atoms with Gasteiger partial charge in [-0.25, -0.2) is 6.57 Å². The van der Waals surface area contributed by atoms with Gasteiger partial charge in [-0.05, 0) is 6.42 Å². The summed E-state index contributed by atoms with van der Waals surface area (Å²) < 4.78 is 0. The Morgan fingerprint density at radius 1 is 1.67 bits per heavy atom. The quantitative estimate of drug-likeness (QED) is 0.523. The molecular formula is C7H11NO. The Balaban J connectivity index is 3.19. The molecule has 0 heterocycles. The molecule has 0 unspecified atom stereocenters. The minimum atomic E-state index is 0.0694. The van der Waals surface area contributed by atoms with E-state index in [2.05, 4.69) is 4.85 Å². The summed E-state index contributed by atoms with van der Waals surface area (Å²) in [7, 11) is 0. The molecule has 0 spiro atoms. The molecule has 0 aliphatic rings. The molecule has 0 radical (unpaired) electrons. The third-order valence-corrected chi connectivity index (χ3v) is 1.06. The van der Waals surface area contributed by atoms with Gasteiger partial charge in [-0.3, -0.25) is 4.79 Å². The van der Waals surface area contributed by atoms with Gasteiger partial charge in [0.15, 0.2) is 0 Å². The average molecular weight is 125 g/mol. The molecule has 0 amide bonds. The summed E-state index contributed by atoms with van der Waals surface area (Å²) in [5.74, 6) is 0.0758. The second-order valence-electron chi connectivity index (χ2n) is 1.96. The van der Waals surface area contributed by atoms with Gasteiger partial charge in [-0.2, -0.15) is 0 Å². The standard InChI is InChI=1S/C7H11NO/c1-3-4-5-7(9)6-8-2/h3-6H2,1H3. The first-order valence-corrected chi connectivity index (χ1v) is 3.16. The highest BCUT2D eigenvalue weighted by molar-refractivity contribution is 5.81. The molecule has 0 aliphatic carbocycles. The number of ketones is 1. The lowest BCUT2D eigenvalue weighted by molar-refractivity contribution is -0.117. The van der Waals surface area contributed by atoms with Crippen molar-refractivity contribution in [1.29, 1.82) is 0 Å². The van der Waals surface area contributed by atoms with Gasteiger partial charge in [-0.1, -0.05) is 13.3 Å². The SMILES string of the molecule is [C-]#[N+]CC(=O)CCCC. The zero-order chi connectivity index (χ0) is 7.11. The lowest BCUT2D eigenvalue weighted by Crippen LogP contribution is -1.99. The average Bonchev–Trinajstić information content (AvgIpc) is 1.85. The summed E-state index contributed by atoms with van der Waals surface area (Å²) in [6.07, 6.45) is 2.54. The van der Waals surface area contributed by atoms with Crippen LogP contribution in [0.4, 0.5) is 0 Å². The Kier molecular flexibility index (Phi) is 4.81. The normalized spacial score (nSPS) is 8.44. The van der Waals surface area contributed by atoms with Gasteiger partial charge in [0.2, 0.25) is 5.78 Å². The van der Waals surface area contributed by atoms with Gasteiger partial charge in [0.25, 0.3) is 6.54 Å². The highest BCUT2D eigenvalue weighted by Crippen LogP contribution is 1.94. The zero-order valence-corrected chi connectivity index (χ0v) is 5.68. The summed E-state index contributed by atoms with van der Waals surface area (Å²) in [6, 6.07) is 0. The van der Waals surface area contributed by atoms with Crippen molar-refractivity contribution in [3.05, 3.63) is 11.4 Å². The van der Waals surface area contributed by atoms with Crippen LogP contribution in [0, 0.1) is 6.57 Å². The maximum Gasteiger partial charge on any atom is 0.272 e. The van der Waals surface area contributed by atoms with Crippen molar-refractivity contribution in [3.63, 3.8) is 0 Å². The number of carbonyl (C=O) groups is 1. The molecule has 0 rings (SSSR count).